The standard InChI is InChI=1S/C6H10N2O2/c1-6(2,3)10-5(9)8-7-4/h1-3H3,(H,8,9). The molecule has 0 bridgehead atoms. The van der Waals surface area contributed by atoms with Gasteiger partial charge >= 0.3 is 6.09 Å². The molecule has 0 rings (SSSR count). The molecular weight excluding hydrogens is 132 g/mol. The highest BCUT2D eigenvalue weighted by molar-refractivity contribution is 5.68. The fraction of sp³-hybridized carbons (Fsp3) is 0.667. The highest BCUT2D eigenvalue weighted by atomic mass is 16.6. The van der Waals surface area contributed by atoms with E-state index < -0.39 is 11.7 Å². The average Bonchev–Trinajstić information content (AvgIpc) is 1.59. The lowest BCUT2D eigenvalue weighted by molar-refractivity contribution is 0.0551. The quantitative estimate of drug-likeness (QED) is 0.409. The molecule has 1 amide bonds. The van der Waals surface area contributed by atoms with Crippen molar-refractivity contribution in [3.8, 4) is 0 Å². The van der Waals surface area contributed by atoms with Gasteiger partial charge in [0.15, 0.2) is 0 Å². The lowest BCUT2D eigenvalue weighted by Gasteiger charge is -2.16. The Morgan fingerprint density at radius 1 is 1.60 bits per heavy atom. The third kappa shape index (κ3) is 4.91. The van der Waals surface area contributed by atoms with Gasteiger partial charge in [0, 0.05) is 0 Å². The summed E-state index contributed by atoms with van der Waals surface area (Å²) >= 11 is 0. The van der Waals surface area contributed by atoms with E-state index in [4.69, 9.17) is 11.3 Å². The van der Waals surface area contributed by atoms with Crippen molar-refractivity contribution in [3.05, 3.63) is 11.5 Å². The van der Waals surface area contributed by atoms with Gasteiger partial charge in [-0.3, -0.25) is 0 Å². The second-order valence-electron chi connectivity index (χ2n) is 2.73. The molecule has 10 heavy (non-hydrogen) atoms. The van der Waals surface area contributed by atoms with Gasteiger partial charge < -0.3 is 4.74 Å². The third-order valence-corrected chi connectivity index (χ3v) is 0.546. The minimum absolute atomic E-state index is 0.533. The van der Waals surface area contributed by atoms with Crippen LogP contribution in [0, 0.1) is 6.57 Å². The van der Waals surface area contributed by atoms with Crippen molar-refractivity contribution in [2.24, 2.45) is 0 Å². The Bertz CT molecular complexity index is 164. The minimum Gasteiger partial charge on any atom is -0.440 e. The largest absolute Gasteiger partial charge is 0.472 e. The summed E-state index contributed by atoms with van der Waals surface area (Å²) in [5, 5.41) is 0. The Balaban J connectivity index is 3.72. The zero-order valence-corrected chi connectivity index (χ0v) is 6.26. The maximum absolute atomic E-state index is 10.5. The van der Waals surface area contributed by atoms with Crippen LogP contribution < -0.4 is 5.43 Å². The first kappa shape index (κ1) is 8.76. The number of nitrogens with zero attached hydrogens (tertiary/aromatic N) is 1. The number of ether oxygens (including phenoxy) is 1. The van der Waals surface area contributed by atoms with Gasteiger partial charge in [0.2, 0.25) is 0 Å². The van der Waals surface area contributed by atoms with E-state index in [1.807, 2.05) is 5.43 Å². The number of rotatable bonds is 0. The Morgan fingerprint density at radius 2 is 2.10 bits per heavy atom. The van der Waals surface area contributed by atoms with Crippen LogP contribution in [0.2, 0.25) is 0 Å². The van der Waals surface area contributed by atoms with E-state index in [2.05, 4.69) is 4.95 Å². The molecule has 0 radical (unpaired) electrons. The second-order valence-corrected chi connectivity index (χ2v) is 2.73. The molecule has 0 saturated carbocycles. The Labute approximate surface area is 60.0 Å². The molecule has 4 heteroatoms. The molecule has 1 N–H and O–H groups in total. The maximum atomic E-state index is 10.5. The van der Waals surface area contributed by atoms with Crippen LogP contribution in [0.3, 0.4) is 0 Å². The van der Waals surface area contributed by atoms with Crippen LogP contribution in [0.1, 0.15) is 20.8 Å². The van der Waals surface area contributed by atoms with Crippen LogP contribution >= 0.6 is 0 Å². The number of hydrogen-bond acceptors (Lipinski definition) is 2. The third-order valence-electron chi connectivity index (χ3n) is 0.546. The molecule has 0 aliphatic carbocycles. The summed E-state index contributed by atoms with van der Waals surface area (Å²) < 4.78 is 4.71. The SMILES string of the molecule is [C-]#[N+]NC(=O)OC(C)(C)C. The van der Waals surface area contributed by atoms with E-state index in [1.54, 1.807) is 20.8 Å². The molecule has 0 aromatic heterocycles. The van der Waals surface area contributed by atoms with Crippen molar-refractivity contribution < 1.29 is 9.53 Å². The van der Waals surface area contributed by atoms with E-state index in [0.29, 0.717) is 0 Å². The fourth-order valence-corrected chi connectivity index (χ4v) is 0.347. The van der Waals surface area contributed by atoms with Gasteiger partial charge in [-0.15, -0.1) is 0 Å². The molecule has 0 fully saturated rings. The van der Waals surface area contributed by atoms with Crippen molar-refractivity contribution in [1.82, 2.24) is 5.43 Å². The van der Waals surface area contributed by atoms with Gasteiger partial charge in [-0.1, -0.05) is 0 Å². The fourth-order valence-electron chi connectivity index (χ4n) is 0.347. The number of nitrogens with one attached hydrogen (secondary N) is 1. The number of carbonyl (C=O) groups excluding carboxylic acids is 1. The lowest BCUT2D eigenvalue weighted by Crippen LogP contribution is -2.28. The summed E-state index contributed by atoms with van der Waals surface area (Å²) in [5.74, 6) is 0. The predicted octanol–water partition coefficient (Wildman–Crippen LogP) is 1.35. The first-order valence-corrected chi connectivity index (χ1v) is 2.81. The van der Waals surface area contributed by atoms with Gasteiger partial charge in [0.05, 0.1) is 0 Å². The van der Waals surface area contributed by atoms with Gasteiger partial charge in [-0.25, -0.2) is 4.79 Å². The minimum atomic E-state index is -0.706. The summed E-state index contributed by atoms with van der Waals surface area (Å²) in [6.07, 6.45) is -0.706. The first-order chi connectivity index (χ1) is 4.45. The average molecular weight is 142 g/mol. The van der Waals surface area contributed by atoms with Crippen LogP contribution in [0.25, 0.3) is 4.95 Å². The predicted molar refractivity (Wildman–Crippen MR) is 36.0 cm³/mol. The van der Waals surface area contributed by atoms with Crippen molar-refractivity contribution in [3.63, 3.8) is 0 Å². The van der Waals surface area contributed by atoms with Crippen molar-refractivity contribution in [2.75, 3.05) is 0 Å². The van der Waals surface area contributed by atoms with Crippen LogP contribution in [-0.4, -0.2) is 11.7 Å². The first-order valence-electron chi connectivity index (χ1n) is 2.81. The zero-order chi connectivity index (χ0) is 8.20. The molecule has 0 heterocycles. The highest BCUT2D eigenvalue weighted by Crippen LogP contribution is 2.05. The second kappa shape index (κ2) is 3.06. The van der Waals surface area contributed by atoms with Crippen molar-refractivity contribution in [2.45, 2.75) is 26.4 Å². The van der Waals surface area contributed by atoms with Gasteiger partial charge in [0.1, 0.15) is 5.60 Å². The number of carbonyl (C=O) groups is 1. The molecule has 0 aromatic rings. The summed E-state index contributed by atoms with van der Waals surface area (Å²) in [6.45, 7) is 11.5. The maximum Gasteiger partial charge on any atom is 0.472 e. The van der Waals surface area contributed by atoms with Crippen molar-refractivity contribution >= 4 is 6.09 Å². The summed E-state index contributed by atoms with van der Waals surface area (Å²) in [7, 11) is 0. The van der Waals surface area contributed by atoms with E-state index in [-0.39, 0.29) is 0 Å². The topological polar surface area (TPSA) is 42.7 Å². The van der Waals surface area contributed by atoms with E-state index in [1.165, 1.54) is 0 Å². The van der Waals surface area contributed by atoms with E-state index >= 15 is 0 Å². The molecule has 0 saturated heterocycles. The summed E-state index contributed by atoms with van der Waals surface area (Å²) in [6, 6.07) is 0. The molecule has 0 atom stereocenters. The van der Waals surface area contributed by atoms with Crippen LogP contribution in [-0.2, 0) is 4.74 Å². The number of amides is 1. The summed E-state index contributed by atoms with van der Waals surface area (Å²) in [5.41, 5.74) is 1.30. The van der Waals surface area contributed by atoms with Gasteiger partial charge in [-0.2, -0.15) is 11.5 Å². The zero-order valence-electron chi connectivity index (χ0n) is 6.26. The normalized spacial score (nSPS) is 9.80. The highest BCUT2D eigenvalue weighted by Gasteiger charge is 2.16. The van der Waals surface area contributed by atoms with Gasteiger partial charge in [-0.05, 0) is 26.2 Å². The number of hydrogen-bond donors (Lipinski definition) is 1. The van der Waals surface area contributed by atoms with Crippen LogP contribution in [0.15, 0.2) is 0 Å². The molecule has 0 aromatic carbocycles. The van der Waals surface area contributed by atoms with Crippen LogP contribution in [0.5, 0.6) is 0 Å². The Morgan fingerprint density at radius 3 is 2.40 bits per heavy atom. The molecule has 4 nitrogen and oxygen atoms in total. The molecule has 0 aliphatic heterocycles. The molecule has 0 aliphatic rings. The molecule has 56 valence electrons. The van der Waals surface area contributed by atoms with E-state index in [9.17, 15) is 4.79 Å². The summed E-state index contributed by atoms with van der Waals surface area (Å²) in [4.78, 5) is 13.2. The van der Waals surface area contributed by atoms with Crippen molar-refractivity contribution in [1.29, 1.82) is 0 Å². The Hall–Kier alpha value is -1.24. The van der Waals surface area contributed by atoms with E-state index in [0.717, 1.165) is 0 Å². The lowest BCUT2D eigenvalue weighted by atomic mass is 10.2. The molecular formula is C6H10N2O2. The Kier molecular flexibility index (Phi) is 2.68. The molecule has 0 spiro atoms. The molecule has 0 unspecified atom stereocenters. The smallest absolute Gasteiger partial charge is 0.440 e. The monoisotopic (exact) mass is 142 g/mol. The van der Waals surface area contributed by atoms with Crippen LogP contribution in [0.4, 0.5) is 4.79 Å². The van der Waals surface area contributed by atoms with Gasteiger partial charge in [0.25, 0.3) is 0 Å².